The summed E-state index contributed by atoms with van der Waals surface area (Å²) >= 11 is 0. The summed E-state index contributed by atoms with van der Waals surface area (Å²) in [6.45, 7) is 6.50. The maximum Gasteiger partial charge on any atom is 0.333 e. The van der Waals surface area contributed by atoms with Gasteiger partial charge in [-0.05, 0) is 6.92 Å². The van der Waals surface area contributed by atoms with Gasteiger partial charge in [0.2, 0.25) is 6.54 Å². The van der Waals surface area contributed by atoms with Crippen molar-refractivity contribution in [1.82, 2.24) is 5.32 Å². The molecular formula is C9H15N2O3+. The Bertz CT molecular complexity index is 263. The molecule has 5 heteroatoms. The summed E-state index contributed by atoms with van der Waals surface area (Å²) in [5, 5.41) is 3.01. The van der Waals surface area contributed by atoms with Crippen LogP contribution in [0.4, 0.5) is 0 Å². The van der Waals surface area contributed by atoms with Gasteiger partial charge >= 0.3 is 5.97 Å². The standard InChI is InChI=1S/C9H15N2O3/c1-7(2)9(12)14-6-3-8-10-4-5-11(8)13/h8,10H,1,3-6H2,2H3/q+1. The maximum absolute atomic E-state index is 11.1. The number of hydrogen-bond donors (Lipinski definition) is 1. The summed E-state index contributed by atoms with van der Waals surface area (Å²) in [5.74, 6) is -0.402. The van der Waals surface area contributed by atoms with Crippen LogP contribution in [0.1, 0.15) is 13.3 Å². The zero-order valence-electron chi connectivity index (χ0n) is 8.28. The minimum Gasteiger partial charge on any atom is -0.462 e. The summed E-state index contributed by atoms with van der Waals surface area (Å²) in [5.41, 5.74) is 0.378. The molecule has 0 spiro atoms. The predicted molar refractivity (Wildman–Crippen MR) is 50.7 cm³/mol. The highest BCUT2D eigenvalue weighted by Crippen LogP contribution is 2.01. The van der Waals surface area contributed by atoms with E-state index in [0.29, 0.717) is 25.1 Å². The molecule has 0 radical (unpaired) electrons. The molecular weight excluding hydrogens is 184 g/mol. The van der Waals surface area contributed by atoms with Crippen LogP contribution in [0.5, 0.6) is 0 Å². The number of ether oxygens (including phenoxy) is 1. The van der Waals surface area contributed by atoms with Gasteiger partial charge in [-0.2, -0.15) is 0 Å². The lowest BCUT2D eigenvalue weighted by Crippen LogP contribution is -2.29. The van der Waals surface area contributed by atoms with Crippen molar-refractivity contribution in [1.29, 1.82) is 0 Å². The monoisotopic (exact) mass is 199 g/mol. The van der Waals surface area contributed by atoms with Crippen molar-refractivity contribution in [2.75, 3.05) is 19.7 Å². The molecule has 0 saturated carbocycles. The minimum atomic E-state index is -0.402. The van der Waals surface area contributed by atoms with Gasteiger partial charge in [0.15, 0.2) is 0 Å². The van der Waals surface area contributed by atoms with E-state index in [1.165, 1.54) is 0 Å². The van der Waals surface area contributed by atoms with Crippen molar-refractivity contribution < 1.29 is 14.3 Å². The molecule has 1 heterocycles. The van der Waals surface area contributed by atoms with E-state index >= 15 is 0 Å². The lowest BCUT2D eigenvalue weighted by atomic mass is 10.3. The molecule has 0 aromatic rings. The van der Waals surface area contributed by atoms with Crippen LogP contribution in [0.25, 0.3) is 0 Å². The quantitative estimate of drug-likeness (QED) is 0.399. The van der Waals surface area contributed by atoms with Crippen molar-refractivity contribution in [2.24, 2.45) is 0 Å². The molecule has 1 aliphatic heterocycles. The number of rotatable bonds is 4. The first-order chi connectivity index (χ1) is 6.61. The largest absolute Gasteiger partial charge is 0.462 e. The van der Waals surface area contributed by atoms with Crippen molar-refractivity contribution >= 4 is 5.97 Å². The summed E-state index contributed by atoms with van der Waals surface area (Å²) in [7, 11) is 0. The zero-order valence-corrected chi connectivity index (χ0v) is 8.28. The Morgan fingerprint density at radius 2 is 2.43 bits per heavy atom. The summed E-state index contributed by atoms with van der Waals surface area (Å²) in [6.07, 6.45) is 0.302. The number of nitrogens with zero attached hydrogens (tertiary/aromatic N) is 1. The summed E-state index contributed by atoms with van der Waals surface area (Å²) < 4.78 is 5.84. The second kappa shape index (κ2) is 4.85. The van der Waals surface area contributed by atoms with E-state index in [1.54, 1.807) is 6.92 Å². The second-order valence-corrected chi connectivity index (χ2v) is 3.32. The first-order valence-corrected chi connectivity index (χ1v) is 4.61. The Kier molecular flexibility index (Phi) is 3.76. The van der Waals surface area contributed by atoms with E-state index in [2.05, 4.69) is 11.9 Å². The molecule has 0 aromatic heterocycles. The van der Waals surface area contributed by atoms with E-state index in [0.717, 1.165) is 4.76 Å². The van der Waals surface area contributed by atoms with Crippen molar-refractivity contribution in [2.45, 2.75) is 19.5 Å². The lowest BCUT2D eigenvalue weighted by molar-refractivity contribution is -0.567. The van der Waals surface area contributed by atoms with E-state index in [1.807, 2.05) is 0 Å². The topological polar surface area (TPSA) is 58.4 Å². The van der Waals surface area contributed by atoms with Crippen molar-refractivity contribution in [3.8, 4) is 0 Å². The van der Waals surface area contributed by atoms with Gasteiger partial charge in [-0.15, -0.1) is 0 Å². The van der Waals surface area contributed by atoms with Gasteiger partial charge in [0, 0.05) is 15.2 Å². The highest BCUT2D eigenvalue weighted by molar-refractivity contribution is 5.86. The van der Waals surface area contributed by atoms with Crippen LogP contribution >= 0.6 is 0 Å². The van der Waals surface area contributed by atoms with E-state index in [9.17, 15) is 9.70 Å². The molecule has 14 heavy (non-hydrogen) atoms. The van der Waals surface area contributed by atoms with Gasteiger partial charge in [-0.25, -0.2) is 10.1 Å². The van der Waals surface area contributed by atoms with Crippen LogP contribution in [0.2, 0.25) is 0 Å². The molecule has 0 amide bonds. The fourth-order valence-corrected chi connectivity index (χ4v) is 1.23. The third kappa shape index (κ3) is 2.92. The summed E-state index contributed by atoms with van der Waals surface area (Å²) in [6, 6.07) is 0. The first-order valence-electron chi connectivity index (χ1n) is 4.61. The Morgan fingerprint density at radius 1 is 1.71 bits per heavy atom. The molecule has 1 N–H and O–H groups in total. The molecule has 1 saturated heterocycles. The average molecular weight is 199 g/mol. The molecule has 78 valence electrons. The van der Waals surface area contributed by atoms with E-state index in [-0.39, 0.29) is 12.8 Å². The number of carbonyl (C=O) groups excluding carboxylic acids is 1. The molecule has 0 bridgehead atoms. The Labute approximate surface area is 82.7 Å². The lowest BCUT2D eigenvalue weighted by Gasteiger charge is -2.04. The fraction of sp³-hybridized carbons (Fsp3) is 0.667. The Balaban J connectivity index is 2.18. The Morgan fingerprint density at radius 3 is 2.93 bits per heavy atom. The Hall–Kier alpha value is -1.23. The molecule has 1 fully saturated rings. The van der Waals surface area contributed by atoms with Crippen LogP contribution in [0, 0.1) is 4.91 Å². The average Bonchev–Trinajstić information content (AvgIpc) is 2.51. The third-order valence-electron chi connectivity index (χ3n) is 2.03. The molecule has 1 atom stereocenters. The van der Waals surface area contributed by atoms with Gasteiger partial charge in [-0.3, -0.25) is 0 Å². The molecule has 0 aliphatic carbocycles. The molecule has 1 unspecified atom stereocenters. The van der Waals surface area contributed by atoms with Crippen LogP contribution in [-0.4, -0.2) is 36.6 Å². The first kappa shape index (κ1) is 10.8. The van der Waals surface area contributed by atoms with Gasteiger partial charge < -0.3 is 4.74 Å². The van der Waals surface area contributed by atoms with Gasteiger partial charge in [0.05, 0.1) is 19.6 Å². The third-order valence-corrected chi connectivity index (χ3v) is 2.03. The van der Waals surface area contributed by atoms with Crippen LogP contribution in [0.3, 0.4) is 0 Å². The minimum absolute atomic E-state index is 0.215. The second-order valence-electron chi connectivity index (χ2n) is 3.32. The smallest absolute Gasteiger partial charge is 0.333 e. The summed E-state index contributed by atoms with van der Waals surface area (Å²) in [4.78, 5) is 22.0. The van der Waals surface area contributed by atoms with Crippen LogP contribution in [-0.2, 0) is 9.53 Å². The molecule has 0 aromatic carbocycles. The molecule has 5 nitrogen and oxygen atoms in total. The van der Waals surface area contributed by atoms with Gasteiger partial charge in [0.25, 0.3) is 6.17 Å². The van der Waals surface area contributed by atoms with E-state index < -0.39 is 5.97 Å². The molecule has 1 rings (SSSR count). The highest BCUT2D eigenvalue weighted by atomic mass is 16.5. The van der Waals surface area contributed by atoms with Gasteiger partial charge in [0.1, 0.15) is 0 Å². The number of nitroso groups, excluding NO2 is 1. The SMILES string of the molecule is C=C(C)C(=O)OCCC1NCC[N+]1=O. The number of carbonyl (C=O) groups is 1. The fourth-order valence-electron chi connectivity index (χ4n) is 1.23. The van der Waals surface area contributed by atoms with E-state index in [4.69, 9.17) is 4.74 Å². The van der Waals surface area contributed by atoms with Crippen LogP contribution in [0.15, 0.2) is 12.2 Å². The maximum atomic E-state index is 11.1. The number of nitrogens with one attached hydrogen (secondary N) is 1. The zero-order chi connectivity index (χ0) is 10.6. The number of esters is 1. The molecule has 1 aliphatic rings. The van der Waals surface area contributed by atoms with Gasteiger partial charge in [-0.1, -0.05) is 6.58 Å². The van der Waals surface area contributed by atoms with Crippen LogP contribution < -0.4 is 5.32 Å². The van der Waals surface area contributed by atoms with Crippen molar-refractivity contribution in [3.63, 3.8) is 0 Å². The highest BCUT2D eigenvalue weighted by Gasteiger charge is 2.30. The number of hydrogen-bond acceptors (Lipinski definition) is 4. The normalized spacial score (nSPS) is 20.9. The van der Waals surface area contributed by atoms with Crippen molar-refractivity contribution in [3.05, 3.63) is 17.1 Å². The predicted octanol–water partition coefficient (Wildman–Crippen LogP) is 0.204.